The summed E-state index contributed by atoms with van der Waals surface area (Å²) >= 11 is 0. The molecule has 1 aromatic carbocycles. The van der Waals surface area contributed by atoms with Gasteiger partial charge in [-0.1, -0.05) is 19.1 Å². The van der Waals surface area contributed by atoms with Crippen LogP contribution in [0.2, 0.25) is 0 Å². The second-order valence-corrected chi connectivity index (χ2v) is 5.97. The van der Waals surface area contributed by atoms with Gasteiger partial charge in [0.25, 0.3) is 0 Å². The smallest absolute Gasteiger partial charge is 0.180 e. The second kappa shape index (κ2) is 7.35. The van der Waals surface area contributed by atoms with E-state index < -0.39 is 9.84 Å². The van der Waals surface area contributed by atoms with Crippen LogP contribution in [0.4, 0.5) is 5.69 Å². The lowest BCUT2D eigenvalue weighted by Crippen LogP contribution is -2.16. The van der Waals surface area contributed by atoms with E-state index in [1.54, 1.807) is 31.2 Å². The highest BCUT2D eigenvalue weighted by Crippen LogP contribution is 2.21. The fraction of sp³-hybridized carbons (Fsp3) is 0.500. The molecule has 0 heterocycles. The molecule has 0 bridgehead atoms. The summed E-state index contributed by atoms with van der Waals surface area (Å²) in [5, 5.41) is 3.07. The molecule has 0 fully saturated rings. The van der Waals surface area contributed by atoms with Gasteiger partial charge in [0, 0.05) is 13.1 Å². The van der Waals surface area contributed by atoms with Gasteiger partial charge in [-0.05, 0) is 12.1 Å². The molecule has 0 aliphatic rings. The lowest BCUT2D eigenvalue weighted by molar-refractivity contribution is 0.151. The molecule has 3 N–H and O–H groups in total. The first-order valence-electron chi connectivity index (χ1n) is 5.95. The Morgan fingerprint density at radius 1 is 1.28 bits per heavy atom. The van der Waals surface area contributed by atoms with E-state index in [-0.39, 0.29) is 5.75 Å². The van der Waals surface area contributed by atoms with Gasteiger partial charge in [0.15, 0.2) is 9.84 Å². The van der Waals surface area contributed by atoms with Crippen molar-refractivity contribution in [1.29, 1.82) is 0 Å². The van der Waals surface area contributed by atoms with Crippen molar-refractivity contribution in [2.75, 3.05) is 37.4 Å². The van der Waals surface area contributed by atoms with Gasteiger partial charge in [-0.15, -0.1) is 0 Å². The molecular formula is C12H20N2O3S. The van der Waals surface area contributed by atoms with Gasteiger partial charge in [0.2, 0.25) is 0 Å². The van der Waals surface area contributed by atoms with E-state index in [0.717, 1.165) is 0 Å². The highest BCUT2D eigenvalue weighted by molar-refractivity contribution is 7.91. The standard InChI is InChI=1S/C12H20N2O3S/c1-2-18(15,16)12-6-4-3-5-11(12)14-8-10-17-9-7-13/h3-6,14H,2,7-10,13H2,1H3. The molecule has 6 heteroatoms. The third-order valence-corrected chi connectivity index (χ3v) is 4.21. The zero-order chi connectivity index (χ0) is 13.4. The molecule has 0 saturated carbocycles. The molecule has 0 radical (unpaired) electrons. The average molecular weight is 272 g/mol. The van der Waals surface area contributed by atoms with Crippen LogP contribution in [-0.2, 0) is 14.6 Å². The molecule has 0 unspecified atom stereocenters. The Kier molecular flexibility index (Phi) is 6.11. The van der Waals surface area contributed by atoms with Crippen LogP contribution >= 0.6 is 0 Å². The van der Waals surface area contributed by atoms with Crippen LogP contribution in [0.5, 0.6) is 0 Å². The van der Waals surface area contributed by atoms with Crippen LogP contribution in [0.3, 0.4) is 0 Å². The summed E-state index contributed by atoms with van der Waals surface area (Å²) in [5.74, 6) is 0.0926. The molecule has 1 rings (SSSR count). The molecule has 0 amide bonds. The average Bonchev–Trinajstić information content (AvgIpc) is 2.39. The number of anilines is 1. The highest BCUT2D eigenvalue weighted by atomic mass is 32.2. The number of hydrogen-bond acceptors (Lipinski definition) is 5. The molecule has 1 aromatic rings. The van der Waals surface area contributed by atoms with Gasteiger partial charge in [-0.25, -0.2) is 8.42 Å². The van der Waals surface area contributed by atoms with Crippen molar-refractivity contribution in [3.05, 3.63) is 24.3 Å². The fourth-order valence-corrected chi connectivity index (χ4v) is 2.55. The Balaban J connectivity index is 2.66. The van der Waals surface area contributed by atoms with Crippen LogP contribution < -0.4 is 11.1 Å². The molecule has 5 nitrogen and oxygen atoms in total. The van der Waals surface area contributed by atoms with Crippen molar-refractivity contribution in [2.45, 2.75) is 11.8 Å². The van der Waals surface area contributed by atoms with Gasteiger partial charge in [0.1, 0.15) is 0 Å². The third kappa shape index (κ3) is 4.29. The van der Waals surface area contributed by atoms with E-state index in [1.807, 2.05) is 0 Å². The summed E-state index contributed by atoms with van der Waals surface area (Å²) < 4.78 is 29.0. The summed E-state index contributed by atoms with van der Waals surface area (Å²) in [6, 6.07) is 6.89. The first-order valence-corrected chi connectivity index (χ1v) is 7.60. The quantitative estimate of drug-likeness (QED) is 0.686. The van der Waals surface area contributed by atoms with Crippen molar-refractivity contribution in [1.82, 2.24) is 0 Å². The van der Waals surface area contributed by atoms with Gasteiger partial charge in [-0.2, -0.15) is 0 Å². The highest BCUT2D eigenvalue weighted by Gasteiger charge is 2.15. The van der Waals surface area contributed by atoms with Gasteiger partial charge in [0.05, 0.1) is 29.5 Å². The Bertz CT molecular complexity index is 460. The zero-order valence-electron chi connectivity index (χ0n) is 10.6. The van der Waals surface area contributed by atoms with Crippen molar-refractivity contribution >= 4 is 15.5 Å². The van der Waals surface area contributed by atoms with E-state index in [1.165, 1.54) is 0 Å². The van der Waals surface area contributed by atoms with Crippen LogP contribution in [0, 0.1) is 0 Å². The van der Waals surface area contributed by atoms with Crippen molar-refractivity contribution in [3.8, 4) is 0 Å². The van der Waals surface area contributed by atoms with Gasteiger partial charge >= 0.3 is 0 Å². The first kappa shape index (κ1) is 14.9. The van der Waals surface area contributed by atoms with Crippen LogP contribution in [0.15, 0.2) is 29.2 Å². The van der Waals surface area contributed by atoms with Crippen molar-refractivity contribution < 1.29 is 13.2 Å². The van der Waals surface area contributed by atoms with E-state index in [9.17, 15) is 8.42 Å². The Hall–Kier alpha value is -1.11. The Labute approximate surface area is 108 Å². The summed E-state index contributed by atoms with van der Waals surface area (Å²) in [7, 11) is -3.20. The number of sulfone groups is 1. The summed E-state index contributed by atoms with van der Waals surface area (Å²) in [5.41, 5.74) is 5.92. The molecular weight excluding hydrogens is 252 g/mol. The van der Waals surface area contributed by atoms with E-state index in [0.29, 0.717) is 36.9 Å². The lowest BCUT2D eigenvalue weighted by Gasteiger charge is -2.11. The minimum Gasteiger partial charge on any atom is -0.382 e. The van der Waals surface area contributed by atoms with Crippen LogP contribution in [-0.4, -0.2) is 40.5 Å². The summed E-state index contributed by atoms with van der Waals surface area (Å²) in [4.78, 5) is 0.339. The van der Waals surface area contributed by atoms with E-state index in [4.69, 9.17) is 10.5 Å². The summed E-state index contributed by atoms with van der Waals surface area (Å²) in [6.07, 6.45) is 0. The Morgan fingerprint density at radius 2 is 2.00 bits per heavy atom. The van der Waals surface area contributed by atoms with Crippen molar-refractivity contribution in [3.63, 3.8) is 0 Å². The molecule has 18 heavy (non-hydrogen) atoms. The molecule has 102 valence electrons. The molecule has 0 aliphatic heterocycles. The van der Waals surface area contributed by atoms with Crippen molar-refractivity contribution in [2.24, 2.45) is 5.73 Å². The first-order chi connectivity index (χ1) is 8.61. The number of benzene rings is 1. The molecule has 0 spiro atoms. The van der Waals surface area contributed by atoms with Gasteiger partial charge < -0.3 is 15.8 Å². The number of nitrogens with two attached hydrogens (primary N) is 1. The number of ether oxygens (including phenoxy) is 1. The monoisotopic (exact) mass is 272 g/mol. The predicted octanol–water partition coefficient (Wildman–Crippen LogP) is 0.867. The number of hydrogen-bond donors (Lipinski definition) is 2. The third-order valence-electron chi connectivity index (χ3n) is 2.43. The molecule has 0 aromatic heterocycles. The van der Waals surface area contributed by atoms with Crippen LogP contribution in [0.25, 0.3) is 0 Å². The maximum absolute atomic E-state index is 11.9. The zero-order valence-corrected chi connectivity index (χ0v) is 11.4. The minimum absolute atomic E-state index is 0.0926. The lowest BCUT2D eigenvalue weighted by atomic mass is 10.3. The molecule has 0 aliphatic carbocycles. The van der Waals surface area contributed by atoms with Crippen LogP contribution in [0.1, 0.15) is 6.92 Å². The normalized spacial score (nSPS) is 11.4. The number of rotatable bonds is 8. The maximum atomic E-state index is 11.9. The minimum atomic E-state index is -3.20. The van der Waals surface area contributed by atoms with E-state index in [2.05, 4.69) is 5.32 Å². The van der Waals surface area contributed by atoms with E-state index >= 15 is 0 Å². The molecule has 0 atom stereocenters. The predicted molar refractivity (Wildman–Crippen MR) is 72.5 cm³/mol. The largest absolute Gasteiger partial charge is 0.382 e. The Morgan fingerprint density at radius 3 is 2.67 bits per heavy atom. The number of nitrogens with one attached hydrogen (secondary N) is 1. The summed E-state index contributed by atoms with van der Waals surface area (Å²) in [6.45, 7) is 3.68. The SMILES string of the molecule is CCS(=O)(=O)c1ccccc1NCCOCCN. The maximum Gasteiger partial charge on any atom is 0.180 e. The second-order valence-electron chi connectivity index (χ2n) is 3.73. The van der Waals surface area contributed by atoms with Gasteiger partial charge in [-0.3, -0.25) is 0 Å². The topological polar surface area (TPSA) is 81.4 Å². The fourth-order valence-electron chi connectivity index (χ4n) is 1.48. The molecule has 0 saturated heterocycles. The number of para-hydroxylation sites is 1.